The summed E-state index contributed by atoms with van der Waals surface area (Å²) in [6.45, 7) is 0. The Morgan fingerprint density at radius 2 is 1.64 bits per heavy atom. The SMILES string of the molecule is O=C(Nc1cccc(-n2cc(-c3ccncc3)c(-c3ccc(O)c(Cl)c3)n2)c1)c1ccc(Cl)c(Cl)c1. The van der Waals surface area contributed by atoms with E-state index in [1.807, 2.05) is 36.5 Å². The fourth-order valence-electron chi connectivity index (χ4n) is 3.68. The average molecular weight is 536 g/mol. The zero-order valence-electron chi connectivity index (χ0n) is 18.5. The maximum atomic E-state index is 12.7. The molecule has 2 aromatic heterocycles. The normalized spacial score (nSPS) is 10.9. The van der Waals surface area contributed by atoms with Gasteiger partial charge in [-0.05, 0) is 72.3 Å². The highest BCUT2D eigenvalue weighted by Crippen LogP contribution is 2.35. The van der Waals surface area contributed by atoms with Gasteiger partial charge in [-0.15, -0.1) is 0 Å². The minimum absolute atomic E-state index is 0.00396. The molecule has 2 heterocycles. The summed E-state index contributed by atoms with van der Waals surface area (Å²) in [5.74, 6) is -0.321. The first-order valence-electron chi connectivity index (χ1n) is 10.7. The van der Waals surface area contributed by atoms with Crippen molar-refractivity contribution in [3.05, 3.63) is 112 Å². The number of anilines is 1. The number of phenolic OH excluding ortho intramolecular Hbond substituents is 1. The van der Waals surface area contributed by atoms with Crippen LogP contribution in [0.15, 0.2) is 91.4 Å². The van der Waals surface area contributed by atoms with E-state index in [0.29, 0.717) is 27.0 Å². The number of pyridine rings is 1. The van der Waals surface area contributed by atoms with Crippen LogP contribution in [0.3, 0.4) is 0 Å². The quantitative estimate of drug-likeness (QED) is 0.244. The molecule has 0 atom stereocenters. The van der Waals surface area contributed by atoms with Crippen molar-refractivity contribution in [1.29, 1.82) is 0 Å². The largest absolute Gasteiger partial charge is 0.506 e. The number of nitrogens with zero attached hydrogens (tertiary/aromatic N) is 3. The van der Waals surface area contributed by atoms with Crippen LogP contribution >= 0.6 is 34.8 Å². The molecule has 0 bridgehead atoms. The third kappa shape index (κ3) is 4.93. The van der Waals surface area contributed by atoms with E-state index >= 15 is 0 Å². The van der Waals surface area contributed by atoms with Crippen molar-refractivity contribution < 1.29 is 9.90 Å². The molecule has 0 aliphatic carbocycles. The molecule has 0 spiro atoms. The summed E-state index contributed by atoms with van der Waals surface area (Å²) in [6, 6.07) is 20.7. The van der Waals surface area contributed by atoms with Crippen LogP contribution in [-0.4, -0.2) is 25.8 Å². The minimum Gasteiger partial charge on any atom is -0.506 e. The lowest BCUT2D eigenvalue weighted by molar-refractivity contribution is 0.102. The zero-order chi connectivity index (χ0) is 25.2. The first-order chi connectivity index (χ1) is 17.4. The predicted molar refractivity (Wildman–Crippen MR) is 143 cm³/mol. The Labute approximate surface area is 221 Å². The molecule has 5 rings (SSSR count). The number of aromatic nitrogens is 3. The van der Waals surface area contributed by atoms with Gasteiger partial charge in [0.2, 0.25) is 0 Å². The lowest BCUT2D eigenvalue weighted by atomic mass is 10.0. The number of amides is 1. The summed E-state index contributed by atoms with van der Waals surface area (Å²) in [4.78, 5) is 16.8. The second-order valence-corrected chi connectivity index (χ2v) is 9.09. The molecule has 36 heavy (non-hydrogen) atoms. The Kier molecular flexibility index (Phi) is 6.65. The molecule has 0 saturated heterocycles. The number of nitrogens with one attached hydrogen (secondary N) is 1. The minimum atomic E-state index is -0.317. The Balaban J connectivity index is 1.52. The highest BCUT2D eigenvalue weighted by atomic mass is 35.5. The van der Waals surface area contributed by atoms with Crippen LogP contribution in [0.2, 0.25) is 15.1 Å². The Hall–Kier alpha value is -3.84. The predicted octanol–water partition coefficient (Wildman–Crippen LogP) is 7.52. The molecule has 0 fully saturated rings. The number of rotatable bonds is 5. The smallest absolute Gasteiger partial charge is 0.255 e. The molecule has 5 aromatic rings. The van der Waals surface area contributed by atoms with Gasteiger partial charge < -0.3 is 10.4 Å². The van der Waals surface area contributed by atoms with Gasteiger partial charge in [0.25, 0.3) is 5.91 Å². The third-order valence-electron chi connectivity index (χ3n) is 5.48. The summed E-state index contributed by atoms with van der Waals surface area (Å²) < 4.78 is 1.72. The number of hydrogen-bond donors (Lipinski definition) is 2. The third-order valence-corrected chi connectivity index (χ3v) is 6.52. The van der Waals surface area contributed by atoms with Gasteiger partial charge in [0.05, 0.1) is 20.8 Å². The van der Waals surface area contributed by atoms with Crippen LogP contribution in [-0.2, 0) is 0 Å². The molecule has 0 aliphatic rings. The van der Waals surface area contributed by atoms with E-state index in [2.05, 4.69) is 10.3 Å². The lowest BCUT2D eigenvalue weighted by Crippen LogP contribution is -2.12. The number of carbonyl (C=O) groups excluding carboxylic acids is 1. The number of benzene rings is 3. The first kappa shape index (κ1) is 23.9. The summed E-state index contributed by atoms with van der Waals surface area (Å²) in [7, 11) is 0. The summed E-state index contributed by atoms with van der Waals surface area (Å²) >= 11 is 18.2. The molecule has 3 aromatic carbocycles. The summed E-state index contributed by atoms with van der Waals surface area (Å²) in [5.41, 5.74) is 4.89. The summed E-state index contributed by atoms with van der Waals surface area (Å²) in [5, 5.41) is 18.5. The van der Waals surface area contributed by atoms with Crippen molar-refractivity contribution in [3.8, 4) is 33.8 Å². The molecule has 0 unspecified atom stereocenters. The highest BCUT2D eigenvalue weighted by molar-refractivity contribution is 6.42. The topological polar surface area (TPSA) is 80.0 Å². The van der Waals surface area contributed by atoms with E-state index < -0.39 is 0 Å². The molecule has 1 amide bonds. The van der Waals surface area contributed by atoms with Gasteiger partial charge >= 0.3 is 0 Å². The fourth-order valence-corrected chi connectivity index (χ4v) is 4.16. The van der Waals surface area contributed by atoms with Crippen molar-refractivity contribution >= 4 is 46.4 Å². The second kappa shape index (κ2) is 10.0. The van der Waals surface area contributed by atoms with Crippen molar-refractivity contribution in [3.63, 3.8) is 0 Å². The van der Waals surface area contributed by atoms with E-state index in [4.69, 9.17) is 39.9 Å². The van der Waals surface area contributed by atoms with Crippen molar-refractivity contribution in [2.24, 2.45) is 0 Å². The number of phenols is 1. The van der Waals surface area contributed by atoms with E-state index in [0.717, 1.165) is 22.4 Å². The number of halogens is 3. The molecule has 178 valence electrons. The first-order valence-corrected chi connectivity index (χ1v) is 11.9. The number of hydrogen-bond acceptors (Lipinski definition) is 4. The fraction of sp³-hybridized carbons (Fsp3) is 0. The zero-order valence-corrected chi connectivity index (χ0v) is 20.8. The van der Waals surface area contributed by atoms with Gasteiger partial charge in [0, 0.05) is 41.0 Å². The standard InChI is InChI=1S/C27H17Cl3N4O2/c28-22-6-4-18(13-23(22)29)27(36)32-19-2-1-3-20(14-19)34-15-21(16-8-10-31-11-9-16)26(33-34)17-5-7-25(35)24(30)12-17/h1-15,35H,(H,32,36). The van der Waals surface area contributed by atoms with Gasteiger partial charge in [-0.25, -0.2) is 4.68 Å². The molecule has 9 heteroatoms. The maximum absolute atomic E-state index is 12.7. The summed E-state index contributed by atoms with van der Waals surface area (Å²) in [6.07, 6.45) is 5.31. The molecular formula is C27H17Cl3N4O2. The van der Waals surface area contributed by atoms with Crippen LogP contribution in [0.4, 0.5) is 5.69 Å². The van der Waals surface area contributed by atoms with Crippen LogP contribution in [0, 0.1) is 0 Å². The van der Waals surface area contributed by atoms with Gasteiger partial charge in [0.1, 0.15) is 11.4 Å². The van der Waals surface area contributed by atoms with Crippen LogP contribution in [0.5, 0.6) is 5.75 Å². The highest BCUT2D eigenvalue weighted by Gasteiger charge is 2.16. The second-order valence-electron chi connectivity index (χ2n) is 7.87. The van der Waals surface area contributed by atoms with Crippen LogP contribution < -0.4 is 5.32 Å². The molecule has 6 nitrogen and oxygen atoms in total. The van der Waals surface area contributed by atoms with Crippen LogP contribution in [0.1, 0.15) is 10.4 Å². The van der Waals surface area contributed by atoms with Gasteiger partial charge in [-0.1, -0.05) is 40.9 Å². The monoisotopic (exact) mass is 534 g/mol. The van der Waals surface area contributed by atoms with Crippen LogP contribution in [0.25, 0.3) is 28.1 Å². The average Bonchev–Trinajstić information content (AvgIpc) is 3.34. The Morgan fingerprint density at radius 1 is 0.833 bits per heavy atom. The van der Waals surface area contributed by atoms with Crippen molar-refractivity contribution in [2.75, 3.05) is 5.32 Å². The number of carbonyl (C=O) groups is 1. The van der Waals surface area contributed by atoms with E-state index in [-0.39, 0.29) is 16.7 Å². The molecular weight excluding hydrogens is 519 g/mol. The Morgan fingerprint density at radius 3 is 2.39 bits per heavy atom. The van der Waals surface area contributed by atoms with E-state index in [1.165, 1.54) is 12.1 Å². The molecule has 0 aliphatic heterocycles. The molecule has 0 radical (unpaired) electrons. The van der Waals surface area contributed by atoms with E-state index in [1.54, 1.807) is 47.4 Å². The van der Waals surface area contributed by atoms with E-state index in [9.17, 15) is 9.90 Å². The van der Waals surface area contributed by atoms with Gasteiger partial charge in [-0.3, -0.25) is 9.78 Å². The maximum Gasteiger partial charge on any atom is 0.255 e. The van der Waals surface area contributed by atoms with Gasteiger partial charge in [0.15, 0.2) is 0 Å². The lowest BCUT2D eigenvalue weighted by Gasteiger charge is -2.08. The van der Waals surface area contributed by atoms with Gasteiger partial charge in [-0.2, -0.15) is 5.10 Å². The van der Waals surface area contributed by atoms with Crippen molar-refractivity contribution in [1.82, 2.24) is 14.8 Å². The Bertz CT molecular complexity index is 1590. The molecule has 0 saturated carbocycles. The number of aromatic hydroxyl groups is 1. The van der Waals surface area contributed by atoms with Crippen molar-refractivity contribution in [2.45, 2.75) is 0 Å². The molecule has 2 N–H and O–H groups in total.